The van der Waals surface area contributed by atoms with Crippen LogP contribution >= 0.6 is 30.8 Å². The third-order valence-electron chi connectivity index (χ3n) is 5.87. The average Bonchev–Trinajstić information content (AvgIpc) is 2.97. The van der Waals surface area contributed by atoms with Crippen LogP contribution in [-0.4, -0.2) is 18.6 Å². The Morgan fingerprint density at radius 3 is 1.93 bits per heavy atom. The van der Waals surface area contributed by atoms with Gasteiger partial charge in [-0.15, -0.1) is 0 Å². The fraction of sp³-hybridized carbons (Fsp3) is 0.194. The van der Waals surface area contributed by atoms with Gasteiger partial charge in [0.25, 0.3) is 0 Å². The van der Waals surface area contributed by atoms with Gasteiger partial charge >= 0.3 is 7.60 Å². The van der Waals surface area contributed by atoms with E-state index in [1.165, 1.54) is 0 Å². The van der Waals surface area contributed by atoms with Crippen LogP contribution in [0.2, 0.25) is 10.0 Å². The zero-order valence-electron chi connectivity index (χ0n) is 21.8. The first-order chi connectivity index (χ1) is 19.4. The van der Waals surface area contributed by atoms with Gasteiger partial charge in [0.2, 0.25) is 5.91 Å². The first-order valence-corrected chi connectivity index (χ1v) is 15.3. The van der Waals surface area contributed by atoms with Crippen LogP contribution in [0.4, 0.5) is 0 Å². The highest BCUT2D eigenvalue weighted by atomic mass is 35.5. The summed E-state index contributed by atoms with van der Waals surface area (Å²) in [6, 6.07) is 31.5. The van der Waals surface area contributed by atoms with Crippen LogP contribution in [0, 0.1) is 0 Å². The maximum Gasteiger partial charge on any atom is 0.340 e. The summed E-state index contributed by atoms with van der Waals surface area (Å²) in [6.45, 7) is 0.579. The number of carbonyl (C=O) groups excluding carboxylic acids is 1. The van der Waals surface area contributed by atoms with Crippen LogP contribution in [0.25, 0.3) is 0 Å². The first-order valence-electron chi connectivity index (χ1n) is 12.8. The van der Waals surface area contributed by atoms with E-state index < -0.39 is 7.60 Å². The fourth-order valence-electron chi connectivity index (χ4n) is 3.82. The molecule has 0 spiro atoms. The van der Waals surface area contributed by atoms with Crippen molar-refractivity contribution >= 4 is 36.7 Å². The quantitative estimate of drug-likeness (QED) is 0.116. The van der Waals surface area contributed by atoms with Gasteiger partial charge in [0.1, 0.15) is 17.7 Å². The topological polar surface area (TPSA) is 73.9 Å². The SMILES string of the molecule is O=C(CP(=O)(OCc1ccccc1)OCc1ccccc1)NCCCc1cccc(Oc2ccc(Cl)c(Cl)c2)c1. The lowest BCUT2D eigenvalue weighted by molar-refractivity contribution is -0.118. The molecule has 4 aromatic carbocycles. The van der Waals surface area contributed by atoms with Crippen LogP contribution in [0.15, 0.2) is 103 Å². The minimum atomic E-state index is -3.71. The molecule has 0 bridgehead atoms. The maximum atomic E-state index is 13.5. The minimum Gasteiger partial charge on any atom is -0.457 e. The Balaban J connectivity index is 1.27. The number of rotatable bonds is 14. The highest BCUT2D eigenvalue weighted by Gasteiger charge is 2.29. The van der Waals surface area contributed by atoms with Crippen molar-refractivity contribution in [3.8, 4) is 11.5 Å². The Morgan fingerprint density at radius 2 is 1.30 bits per heavy atom. The Kier molecular flexibility index (Phi) is 11.2. The molecular weight excluding hydrogens is 568 g/mol. The van der Waals surface area contributed by atoms with Crippen molar-refractivity contribution < 1.29 is 23.1 Å². The lowest BCUT2D eigenvalue weighted by Gasteiger charge is -2.19. The van der Waals surface area contributed by atoms with E-state index in [-0.39, 0.29) is 25.3 Å². The molecule has 0 aliphatic carbocycles. The normalized spacial score (nSPS) is 11.2. The predicted molar refractivity (Wildman–Crippen MR) is 159 cm³/mol. The van der Waals surface area contributed by atoms with Gasteiger partial charge < -0.3 is 19.1 Å². The van der Waals surface area contributed by atoms with Gasteiger partial charge in [0, 0.05) is 12.6 Å². The highest BCUT2D eigenvalue weighted by Crippen LogP contribution is 2.49. The van der Waals surface area contributed by atoms with E-state index in [2.05, 4.69) is 5.32 Å². The smallest absolute Gasteiger partial charge is 0.340 e. The van der Waals surface area contributed by atoms with E-state index >= 15 is 0 Å². The molecule has 0 saturated carbocycles. The van der Waals surface area contributed by atoms with Crippen LogP contribution in [0.1, 0.15) is 23.1 Å². The second-order valence-corrected chi connectivity index (χ2v) is 11.9. The molecule has 0 aromatic heterocycles. The van der Waals surface area contributed by atoms with E-state index in [1.54, 1.807) is 18.2 Å². The lowest BCUT2D eigenvalue weighted by Crippen LogP contribution is -2.28. The Bertz CT molecular complexity index is 1390. The van der Waals surface area contributed by atoms with Gasteiger partial charge in [-0.1, -0.05) is 96.0 Å². The molecular formula is C31H30Cl2NO5P. The van der Waals surface area contributed by atoms with Crippen LogP contribution in [-0.2, 0) is 38.0 Å². The molecule has 0 fully saturated rings. The number of aryl methyl sites for hydroxylation is 1. The molecule has 6 nitrogen and oxygen atoms in total. The van der Waals surface area contributed by atoms with E-state index in [9.17, 15) is 9.36 Å². The van der Waals surface area contributed by atoms with Crippen LogP contribution in [0.3, 0.4) is 0 Å². The van der Waals surface area contributed by atoms with Crippen molar-refractivity contribution in [2.24, 2.45) is 0 Å². The number of halogens is 2. The van der Waals surface area contributed by atoms with Crippen LogP contribution in [0.5, 0.6) is 11.5 Å². The summed E-state index contributed by atoms with van der Waals surface area (Å²) in [4.78, 5) is 12.7. The van der Waals surface area contributed by atoms with Gasteiger partial charge in [0.05, 0.1) is 23.3 Å². The Labute approximate surface area is 244 Å². The van der Waals surface area contributed by atoms with Crippen molar-refractivity contribution in [1.29, 1.82) is 0 Å². The molecule has 9 heteroatoms. The minimum absolute atomic E-state index is 0.0842. The van der Waals surface area contributed by atoms with Crippen molar-refractivity contribution in [3.63, 3.8) is 0 Å². The molecule has 0 saturated heterocycles. The molecule has 0 aliphatic heterocycles. The molecule has 1 amide bonds. The number of benzene rings is 4. The fourth-order valence-corrected chi connectivity index (χ4v) is 5.52. The van der Waals surface area contributed by atoms with Crippen molar-refractivity contribution in [3.05, 3.63) is 130 Å². The monoisotopic (exact) mass is 597 g/mol. The summed E-state index contributed by atoms with van der Waals surface area (Å²) in [5.41, 5.74) is 2.74. The summed E-state index contributed by atoms with van der Waals surface area (Å²) in [7, 11) is -3.71. The lowest BCUT2D eigenvalue weighted by atomic mass is 10.1. The zero-order chi connectivity index (χ0) is 28.2. The molecule has 0 unspecified atom stereocenters. The number of hydrogen-bond acceptors (Lipinski definition) is 5. The Morgan fingerprint density at radius 1 is 0.700 bits per heavy atom. The van der Waals surface area contributed by atoms with E-state index in [4.69, 9.17) is 37.0 Å². The van der Waals surface area contributed by atoms with Crippen molar-refractivity contribution in [1.82, 2.24) is 5.32 Å². The Hall–Kier alpha value is -3.12. The highest BCUT2D eigenvalue weighted by molar-refractivity contribution is 7.54. The number of carbonyl (C=O) groups is 1. The van der Waals surface area contributed by atoms with E-state index in [0.717, 1.165) is 16.7 Å². The van der Waals surface area contributed by atoms with Gasteiger partial charge in [-0.05, 0) is 53.8 Å². The van der Waals surface area contributed by atoms with Gasteiger partial charge in [0.15, 0.2) is 0 Å². The number of nitrogens with one attached hydrogen (secondary N) is 1. The second-order valence-electron chi connectivity index (χ2n) is 9.07. The molecule has 4 rings (SSSR count). The summed E-state index contributed by atoms with van der Waals surface area (Å²) >= 11 is 12.0. The summed E-state index contributed by atoms with van der Waals surface area (Å²) < 4.78 is 30.8. The predicted octanol–water partition coefficient (Wildman–Crippen LogP) is 8.46. The largest absolute Gasteiger partial charge is 0.457 e. The van der Waals surface area contributed by atoms with Gasteiger partial charge in [-0.3, -0.25) is 9.36 Å². The molecule has 208 valence electrons. The van der Waals surface area contributed by atoms with Gasteiger partial charge in [-0.25, -0.2) is 0 Å². The maximum absolute atomic E-state index is 13.5. The van der Waals surface area contributed by atoms with Crippen molar-refractivity contribution in [2.75, 3.05) is 12.7 Å². The standard InChI is InChI=1S/C31H30Cl2NO5P/c32-29-17-16-28(20-30(29)33)39-27-15-7-13-24(19-27)14-8-18-34-31(35)23-40(36,37-21-25-9-3-1-4-10-25)38-22-26-11-5-2-6-12-26/h1-7,9-13,15-17,19-20H,8,14,18,21-23H2,(H,34,35). The molecule has 40 heavy (non-hydrogen) atoms. The molecule has 0 atom stereocenters. The van der Waals surface area contributed by atoms with E-state index in [0.29, 0.717) is 40.9 Å². The molecule has 1 N–H and O–H groups in total. The third-order valence-corrected chi connectivity index (χ3v) is 8.33. The molecule has 4 aromatic rings. The summed E-state index contributed by atoms with van der Waals surface area (Å²) in [5.74, 6) is 0.875. The average molecular weight is 598 g/mol. The summed E-state index contributed by atoms with van der Waals surface area (Å²) in [5, 5.41) is 3.73. The first kappa shape index (κ1) is 29.9. The molecule has 0 aliphatic rings. The number of amides is 1. The second kappa shape index (κ2) is 15.0. The number of ether oxygens (including phenoxy) is 1. The number of hydrogen-bond donors (Lipinski definition) is 1. The molecule has 0 heterocycles. The van der Waals surface area contributed by atoms with Crippen molar-refractivity contribution in [2.45, 2.75) is 26.1 Å². The van der Waals surface area contributed by atoms with Crippen LogP contribution < -0.4 is 10.1 Å². The third kappa shape index (κ3) is 9.81. The molecule has 0 radical (unpaired) electrons. The summed E-state index contributed by atoms with van der Waals surface area (Å²) in [6.07, 6.45) is 1.03. The zero-order valence-corrected chi connectivity index (χ0v) is 24.2. The van der Waals surface area contributed by atoms with E-state index in [1.807, 2.05) is 84.9 Å². The van der Waals surface area contributed by atoms with Gasteiger partial charge in [-0.2, -0.15) is 0 Å².